The minimum absolute atomic E-state index is 0.0618. The average Bonchev–Trinajstić information content (AvgIpc) is 3.80. The second kappa shape index (κ2) is 12.1. The molecule has 5 rings (SSSR count). The molecule has 2 heterocycles. The number of rotatable bonds is 6. The summed E-state index contributed by atoms with van der Waals surface area (Å²) in [6, 6.07) is 10.3. The Labute approximate surface area is 226 Å². The number of anilines is 2. The van der Waals surface area contributed by atoms with Crippen molar-refractivity contribution >= 4 is 22.4 Å². The lowest BCUT2D eigenvalue weighted by Crippen LogP contribution is -2.36. The fourth-order valence-electron chi connectivity index (χ4n) is 4.95. The SMILES string of the molecule is CN(c1c(C#N)c(=O)n(C)c2ccc(C#N)nc12)C1CCCCC1.COc1cc(NCC2CC2)cc(F)c1F. The number of benzene rings is 1. The first-order valence-electron chi connectivity index (χ1n) is 13.1. The summed E-state index contributed by atoms with van der Waals surface area (Å²) in [5.74, 6) is -1.19. The van der Waals surface area contributed by atoms with Gasteiger partial charge in [0.25, 0.3) is 5.56 Å². The van der Waals surface area contributed by atoms with E-state index in [1.54, 1.807) is 19.2 Å². The maximum atomic E-state index is 13.1. The molecule has 8 nitrogen and oxygen atoms in total. The second-order valence-corrected chi connectivity index (χ2v) is 10.1. The molecular weight excluding hydrogens is 502 g/mol. The number of ether oxygens (including phenoxy) is 1. The van der Waals surface area contributed by atoms with Crippen LogP contribution in [-0.2, 0) is 7.05 Å². The molecular formula is C29H32F2N6O2. The quantitative estimate of drug-likeness (QED) is 0.461. The van der Waals surface area contributed by atoms with Gasteiger partial charge in [0.1, 0.15) is 28.9 Å². The van der Waals surface area contributed by atoms with Gasteiger partial charge in [-0.1, -0.05) is 19.3 Å². The molecule has 204 valence electrons. The van der Waals surface area contributed by atoms with Crippen LogP contribution < -0.4 is 20.5 Å². The highest BCUT2D eigenvalue weighted by Crippen LogP contribution is 2.32. The Morgan fingerprint density at radius 3 is 2.46 bits per heavy atom. The van der Waals surface area contributed by atoms with Gasteiger partial charge in [-0.25, -0.2) is 9.37 Å². The molecule has 39 heavy (non-hydrogen) atoms. The standard InChI is InChI=1S/C18H19N5O.C11H13F2NO/c1-22(13-6-4-3-5-7-13)17-14(11-20)18(24)23(2)15-9-8-12(10-19)21-16(15)17;1-15-10-5-8(4-9(12)11(10)13)14-6-7-2-3-7/h8-9,13H,3-7H2,1-2H3;4-5,7,14H,2-3,6H2,1H3. The van der Waals surface area contributed by atoms with Gasteiger partial charge < -0.3 is 19.5 Å². The summed E-state index contributed by atoms with van der Waals surface area (Å²) in [7, 11) is 4.87. The highest BCUT2D eigenvalue weighted by molar-refractivity contribution is 5.92. The number of hydrogen-bond donors (Lipinski definition) is 1. The number of pyridine rings is 2. The predicted molar refractivity (Wildman–Crippen MR) is 146 cm³/mol. The molecule has 2 saturated carbocycles. The number of nitriles is 2. The Hall–Kier alpha value is -4.18. The molecule has 0 bridgehead atoms. The van der Waals surface area contributed by atoms with Gasteiger partial charge in [-0.3, -0.25) is 4.79 Å². The summed E-state index contributed by atoms with van der Waals surface area (Å²) in [5.41, 5.74) is 2.35. The third kappa shape index (κ3) is 6.12. The summed E-state index contributed by atoms with van der Waals surface area (Å²) in [5, 5.41) is 21.8. The van der Waals surface area contributed by atoms with Crippen LogP contribution in [0.5, 0.6) is 5.75 Å². The summed E-state index contributed by atoms with van der Waals surface area (Å²) in [4.78, 5) is 19.0. The molecule has 0 saturated heterocycles. The van der Waals surface area contributed by atoms with Crippen molar-refractivity contribution in [3.63, 3.8) is 0 Å². The van der Waals surface area contributed by atoms with Crippen molar-refractivity contribution in [2.45, 2.75) is 51.0 Å². The van der Waals surface area contributed by atoms with Gasteiger partial charge >= 0.3 is 0 Å². The molecule has 0 amide bonds. The maximum Gasteiger partial charge on any atom is 0.270 e. The van der Waals surface area contributed by atoms with E-state index in [1.165, 1.54) is 37.0 Å². The summed E-state index contributed by atoms with van der Waals surface area (Å²) in [6.07, 6.45) is 8.03. The average molecular weight is 535 g/mol. The van der Waals surface area contributed by atoms with Gasteiger partial charge in [0, 0.05) is 44.5 Å². The van der Waals surface area contributed by atoms with Crippen molar-refractivity contribution in [2.75, 3.05) is 30.9 Å². The van der Waals surface area contributed by atoms with Crippen LogP contribution in [0.3, 0.4) is 0 Å². The van der Waals surface area contributed by atoms with Crippen molar-refractivity contribution in [2.24, 2.45) is 13.0 Å². The largest absolute Gasteiger partial charge is 0.493 e. The molecule has 2 fully saturated rings. The molecule has 3 aromatic rings. The molecule has 0 aliphatic heterocycles. The van der Waals surface area contributed by atoms with Crippen molar-refractivity contribution in [3.8, 4) is 17.9 Å². The molecule has 2 aliphatic carbocycles. The van der Waals surface area contributed by atoms with E-state index in [2.05, 4.69) is 16.4 Å². The van der Waals surface area contributed by atoms with Gasteiger partial charge in [-0.2, -0.15) is 14.9 Å². The van der Waals surface area contributed by atoms with Crippen LogP contribution in [-0.4, -0.2) is 36.3 Å². The second-order valence-electron chi connectivity index (χ2n) is 10.1. The van der Waals surface area contributed by atoms with Crippen molar-refractivity contribution < 1.29 is 13.5 Å². The van der Waals surface area contributed by atoms with E-state index in [0.29, 0.717) is 28.3 Å². The summed E-state index contributed by atoms with van der Waals surface area (Å²) >= 11 is 0. The van der Waals surface area contributed by atoms with Gasteiger partial charge in [0.05, 0.1) is 18.3 Å². The monoisotopic (exact) mass is 534 g/mol. The van der Waals surface area contributed by atoms with Crippen molar-refractivity contribution in [3.05, 3.63) is 57.5 Å². The van der Waals surface area contributed by atoms with E-state index in [1.807, 2.05) is 18.0 Å². The lowest BCUT2D eigenvalue weighted by atomic mass is 9.93. The van der Waals surface area contributed by atoms with Crippen LogP contribution in [0.1, 0.15) is 56.2 Å². The maximum absolute atomic E-state index is 13.1. The lowest BCUT2D eigenvalue weighted by molar-refractivity contribution is 0.372. The Kier molecular flexibility index (Phi) is 8.65. The molecule has 0 unspecified atom stereocenters. The van der Waals surface area contributed by atoms with Crippen molar-refractivity contribution in [1.82, 2.24) is 9.55 Å². The smallest absolute Gasteiger partial charge is 0.270 e. The normalized spacial score (nSPS) is 15.1. The third-order valence-electron chi connectivity index (χ3n) is 7.42. The minimum Gasteiger partial charge on any atom is -0.493 e. The first-order valence-corrected chi connectivity index (χ1v) is 13.1. The molecule has 0 spiro atoms. The number of nitrogens with zero attached hydrogens (tertiary/aromatic N) is 5. The van der Waals surface area contributed by atoms with E-state index in [9.17, 15) is 18.8 Å². The number of aromatic nitrogens is 2. The number of halogens is 2. The van der Waals surface area contributed by atoms with E-state index in [4.69, 9.17) is 10.00 Å². The fraction of sp³-hybridized carbons (Fsp3) is 0.448. The van der Waals surface area contributed by atoms with Gasteiger partial charge in [0.2, 0.25) is 5.82 Å². The highest BCUT2D eigenvalue weighted by Gasteiger charge is 2.26. The van der Waals surface area contributed by atoms with Crippen LogP contribution in [0.15, 0.2) is 29.1 Å². The van der Waals surface area contributed by atoms with Crippen LogP contribution in [0.2, 0.25) is 0 Å². The number of methoxy groups -OCH3 is 1. The van der Waals surface area contributed by atoms with Gasteiger partial charge in [-0.15, -0.1) is 0 Å². The molecule has 1 aromatic carbocycles. The Bertz CT molecular complexity index is 1500. The lowest BCUT2D eigenvalue weighted by Gasteiger charge is -2.33. The number of nitrogens with one attached hydrogen (secondary N) is 1. The van der Waals surface area contributed by atoms with Crippen LogP contribution >= 0.6 is 0 Å². The zero-order valence-corrected chi connectivity index (χ0v) is 22.4. The first-order chi connectivity index (χ1) is 18.8. The molecule has 2 aromatic heterocycles. The molecule has 2 aliphatic rings. The fourth-order valence-corrected chi connectivity index (χ4v) is 4.95. The van der Waals surface area contributed by atoms with Crippen LogP contribution in [0.4, 0.5) is 20.2 Å². The Morgan fingerprint density at radius 2 is 1.85 bits per heavy atom. The molecule has 10 heteroatoms. The van der Waals surface area contributed by atoms with Gasteiger partial charge in [-0.05, 0) is 43.7 Å². The van der Waals surface area contributed by atoms with Crippen molar-refractivity contribution in [1.29, 1.82) is 10.5 Å². The summed E-state index contributed by atoms with van der Waals surface area (Å²) < 4.78 is 32.3. The number of fused-ring (bicyclic) bond motifs is 1. The van der Waals surface area contributed by atoms with E-state index in [0.717, 1.165) is 38.3 Å². The summed E-state index contributed by atoms with van der Waals surface area (Å²) in [6.45, 7) is 0.814. The Morgan fingerprint density at radius 1 is 1.13 bits per heavy atom. The third-order valence-corrected chi connectivity index (χ3v) is 7.42. The Balaban J connectivity index is 0.000000202. The number of aryl methyl sites for hydroxylation is 1. The van der Waals surface area contributed by atoms with E-state index in [-0.39, 0.29) is 28.6 Å². The topological polar surface area (TPSA) is 107 Å². The van der Waals surface area contributed by atoms with E-state index < -0.39 is 11.6 Å². The predicted octanol–water partition coefficient (Wildman–Crippen LogP) is 5.24. The van der Waals surface area contributed by atoms with Gasteiger partial charge in [0.15, 0.2) is 11.6 Å². The molecule has 0 radical (unpaired) electrons. The van der Waals surface area contributed by atoms with Crippen LogP contribution in [0, 0.1) is 40.2 Å². The molecule has 0 atom stereocenters. The zero-order valence-electron chi connectivity index (χ0n) is 22.4. The molecule has 1 N–H and O–H groups in total. The zero-order chi connectivity index (χ0) is 28.1. The highest BCUT2D eigenvalue weighted by atomic mass is 19.2. The van der Waals surface area contributed by atoms with Crippen LogP contribution in [0.25, 0.3) is 11.0 Å². The van der Waals surface area contributed by atoms with E-state index >= 15 is 0 Å². The number of hydrogen-bond acceptors (Lipinski definition) is 7. The first kappa shape index (κ1) is 27.8. The minimum atomic E-state index is -0.936.